The molecule has 1 aromatic carbocycles. The van der Waals surface area contributed by atoms with Crippen molar-refractivity contribution in [2.75, 3.05) is 44.7 Å². The van der Waals surface area contributed by atoms with E-state index in [1.54, 1.807) is 13.8 Å². The van der Waals surface area contributed by atoms with Crippen LogP contribution in [0, 0.1) is 0 Å². The van der Waals surface area contributed by atoms with Gasteiger partial charge in [-0.1, -0.05) is 0 Å². The van der Waals surface area contributed by atoms with Gasteiger partial charge in [0.15, 0.2) is 0 Å². The summed E-state index contributed by atoms with van der Waals surface area (Å²) in [4.78, 5) is 50.6. The number of esters is 1. The first-order valence-electron chi connectivity index (χ1n) is 8.75. The Hall–Kier alpha value is -3.10. The summed E-state index contributed by atoms with van der Waals surface area (Å²) in [5, 5.41) is 2.50. The van der Waals surface area contributed by atoms with E-state index in [-0.39, 0.29) is 26.3 Å². The van der Waals surface area contributed by atoms with Crippen molar-refractivity contribution in [1.82, 2.24) is 9.80 Å². The summed E-state index contributed by atoms with van der Waals surface area (Å²) in [6.07, 6.45) is -0.421. The molecule has 0 atom stereocenters. The molecule has 0 saturated carbocycles. The molecular formula is C18H23N3O6. The zero-order valence-electron chi connectivity index (χ0n) is 15.4. The van der Waals surface area contributed by atoms with E-state index in [9.17, 15) is 19.2 Å². The quantitative estimate of drug-likeness (QED) is 0.622. The van der Waals surface area contributed by atoms with E-state index in [0.29, 0.717) is 24.3 Å². The van der Waals surface area contributed by atoms with E-state index in [4.69, 9.17) is 9.47 Å². The average Bonchev–Trinajstić information content (AvgIpc) is 2.68. The molecule has 1 aliphatic rings. The number of rotatable bonds is 4. The number of nitrogens with one attached hydrogen (secondary N) is 1. The number of nitrogens with zero attached hydrogens (tertiary/aromatic N) is 2. The number of anilines is 1. The first-order chi connectivity index (χ1) is 13.0. The largest absolute Gasteiger partial charge is 0.462 e. The van der Waals surface area contributed by atoms with Crippen LogP contribution in [0.4, 0.5) is 10.5 Å². The Morgan fingerprint density at radius 1 is 0.889 bits per heavy atom. The van der Waals surface area contributed by atoms with Gasteiger partial charge < -0.3 is 24.6 Å². The zero-order valence-corrected chi connectivity index (χ0v) is 15.4. The number of ether oxygens (including phenoxy) is 2. The maximum absolute atomic E-state index is 12.3. The van der Waals surface area contributed by atoms with E-state index in [1.165, 1.54) is 34.1 Å². The Labute approximate surface area is 157 Å². The lowest BCUT2D eigenvalue weighted by Crippen LogP contribution is -2.53. The Balaban J connectivity index is 1.86. The van der Waals surface area contributed by atoms with Crippen LogP contribution in [0.25, 0.3) is 0 Å². The van der Waals surface area contributed by atoms with Gasteiger partial charge in [-0.05, 0) is 38.1 Å². The minimum absolute atomic E-state index is 0.257. The van der Waals surface area contributed by atoms with Crippen molar-refractivity contribution in [1.29, 1.82) is 0 Å². The van der Waals surface area contributed by atoms with E-state index >= 15 is 0 Å². The summed E-state index contributed by atoms with van der Waals surface area (Å²) in [6, 6.07) is 6.07. The topological polar surface area (TPSA) is 105 Å². The van der Waals surface area contributed by atoms with Crippen molar-refractivity contribution >= 4 is 29.6 Å². The van der Waals surface area contributed by atoms with Crippen LogP contribution >= 0.6 is 0 Å². The average molecular weight is 377 g/mol. The van der Waals surface area contributed by atoms with Gasteiger partial charge in [0.1, 0.15) is 0 Å². The summed E-state index contributed by atoms with van der Waals surface area (Å²) in [7, 11) is 0. The second-order valence-corrected chi connectivity index (χ2v) is 5.73. The molecule has 1 N–H and O–H groups in total. The lowest BCUT2D eigenvalue weighted by Gasteiger charge is -2.33. The molecule has 9 heteroatoms. The van der Waals surface area contributed by atoms with E-state index in [2.05, 4.69) is 5.32 Å². The molecule has 2 rings (SSSR count). The molecule has 146 valence electrons. The van der Waals surface area contributed by atoms with Gasteiger partial charge in [-0.25, -0.2) is 9.59 Å². The summed E-state index contributed by atoms with van der Waals surface area (Å²) >= 11 is 0. The van der Waals surface area contributed by atoms with E-state index in [0.717, 1.165) is 0 Å². The maximum atomic E-state index is 12.3. The number of benzene rings is 1. The normalized spacial score (nSPS) is 13.7. The third-order valence-electron chi connectivity index (χ3n) is 3.94. The Bertz CT molecular complexity index is 696. The highest BCUT2D eigenvalue weighted by Gasteiger charge is 2.28. The Morgan fingerprint density at radius 2 is 1.44 bits per heavy atom. The standard InChI is InChI=1S/C18H23N3O6/c1-3-26-17(24)13-5-7-14(8-6-13)19-15(22)16(23)20-9-11-21(12-10-20)18(25)27-4-2/h5-8H,3-4,9-12H2,1-2H3,(H,19,22). The maximum Gasteiger partial charge on any atom is 0.409 e. The molecule has 1 heterocycles. The summed E-state index contributed by atoms with van der Waals surface area (Å²) in [5.74, 6) is -1.90. The summed E-state index contributed by atoms with van der Waals surface area (Å²) in [5.41, 5.74) is 0.753. The molecule has 3 amide bonds. The van der Waals surface area contributed by atoms with Gasteiger partial charge in [0.05, 0.1) is 18.8 Å². The molecule has 1 saturated heterocycles. The lowest BCUT2D eigenvalue weighted by molar-refractivity contribution is -0.144. The molecule has 1 aromatic rings. The van der Waals surface area contributed by atoms with Gasteiger partial charge >= 0.3 is 23.9 Å². The van der Waals surface area contributed by atoms with Crippen LogP contribution in [0.1, 0.15) is 24.2 Å². The van der Waals surface area contributed by atoms with Crippen LogP contribution in [0.5, 0.6) is 0 Å². The highest BCUT2D eigenvalue weighted by molar-refractivity contribution is 6.39. The molecule has 1 aliphatic heterocycles. The highest BCUT2D eigenvalue weighted by Crippen LogP contribution is 2.11. The number of amides is 3. The third-order valence-corrected chi connectivity index (χ3v) is 3.94. The van der Waals surface area contributed by atoms with Gasteiger partial charge in [0, 0.05) is 31.9 Å². The van der Waals surface area contributed by atoms with Crippen molar-refractivity contribution < 1.29 is 28.7 Å². The molecule has 0 bridgehead atoms. The summed E-state index contributed by atoms with van der Waals surface area (Å²) < 4.78 is 9.80. The zero-order chi connectivity index (χ0) is 19.8. The highest BCUT2D eigenvalue weighted by atomic mass is 16.6. The SMILES string of the molecule is CCOC(=O)c1ccc(NC(=O)C(=O)N2CCN(C(=O)OCC)CC2)cc1. The number of piperazine rings is 1. The van der Waals surface area contributed by atoms with Crippen LogP contribution < -0.4 is 5.32 Å². The molecule has 0 spiro atoms. The molecule has 0 aromatic heterocycles. The molecule has 9 nitrogen and oxygen atoms in total. The van der Waals surface area contributed by atoms with Crippen LogP contribution in [0.15, 0.2) is 24.3 Å². The first-order valence-corrected chi connectivity index (χ1v) is 8.75. The van der Waals surface area contributed by atoms with Crippen molar-refractivity contribution in [2.24, 2.45) is 0 Å². The van der Waals surface area contributed by atoms with E-state index in [1.807, 2.05) is 0 Å². The lowest BCUT2D eigenvalue weighted by atomic mass is 10.2. The fourth-order valence-electron chi connectivity index (χ4n) is 2.54. The van der Waals surface area contributed by atoms with Crippen molar-refractivity contribution in [2.45, 2.75) is 13.8 Å². The Morgan fingerprint density at radius 3 is 2.00 bits per heavy atom. The van der Waals surface area contributed by atoms with Crippen LogP contribution in [0.2, 0.25) is 0 Å². The van der Waals surface area contributed by atoms with Gasteiger partial charge in [-0.15, -0.1) is 0 Å². The van der Waals surface area contributed by atoms with Crippen molar-refractivity contribution in [3.05, 3.63) is 29.8 Å². The second-order valence-electron chi connectivity index (χ2n) is 5.73. The molecule has 1 fully saturated rings. The fourth-order valence-corrected chi connectivity index (χ4v) is 2.54. The van der Waals surface area contributed by atoms with Gasteiger partial charge in [-0.3, -0.25) is 9.59 Å². The second kappa shape index (κ2) is 9.56. The van der Waals surface area contributed by atoms with Crippen molar-refractivity contribution in [3.63, 3.8) is 0 Å². The minimum atomic E-state index is -0.775. The van der Waals surface area contributed by atoms with Crippen LogP contribution in [0.3, 0.4) is 0 Å². The van der Waals surface area contributed by atoms with Gasteiger partial charge in [-0.2, -0.15) is 0 Å². The van der Waals surface area contributed by atoms with Gasteiger partial charge in [0.2, 0.25) is 0 Å². The third kappa shape index (κ3) is 5.44. The number of carbonyl (C=O) groups is 4. The first kappa shape index (κ1) is 20.2. The summed E-state index contributed by atoms with van der Waals surface area (Å²) in [6.45, 7) is 5.13. The molecule has 27 heavy (non-hydrogen) atoms. The number of hydrogen-bond donors (Lipinski definition) is 1. The smallest absolute Gasteiger partial charge is 0.409 e. The number of hydrogen-bond acceptors (Lipinski definition) is 6. The predicted octanol–water partition coefficient (Wildman–Crippen LogP) is 1.10. The van der Waals surface area contributed by atoms with Gasteiger partial charge in [0.25, 0.3) is 0 Å². The van der Waals surface area contributed by atoms with Crippen LogP contribution in [-0.2, 0) is 19.1 Å². The Kier molecular flexibility index (Phi) is 7.16. The fraction of sp³-hybridized carbons (Fsp3) is 0.444. The van der Waals surface area contributed by atoms with E-state index < -0.39 is 23.9 Å². The molecule has 0 unspecified atom stereocenters. The molecule has 0 aliphatic carbocycles. The van der Waals surface area contributed by atoms with Crippen molar-refractivity contribution in [3.8, 4) is 0 Å². The molecular weight excluding hydrogens is 354 g/mol. The monoisotopic (exact) mass is 377 g/mol. The van der Waals surface area contributed by atoms with Crippen LogP contribution in [-0.4, -0.2) is 73.1 Å². The minimum Gasteiger partial charge on any atom is -0.462 e. The molecule has 0 radical (unpaired) electrons. The number of carbonyl (C=O) groups excluding carboxylic acids is 4. The predicted molar refractivity (Wildman–Crippen MR) is 96.2 cm³/mol.